The van der Waals surface area contributed by atoms with E-state index in [-0.39, 0.29) is 6.54 Å². The van der Waals surface area contributed by atoms with Crippen LogP contribution in [0.5, 0.6) is 5.75 Å². The van der Waals surface area contributed by atoms with E-state index in [1.54, 1.807) is 0 Å². The molecule has 132 valence electrons. The molecule has 3 nitrogen and oxygen atoms in total. The van der Waals surface area contributed by atoms with E-state index in [0.29, 0.717) is 29.9 Å². The zero-order valence-electron chi connectivity index (χ0n) is 12.7. The molecule has 0 saturated heterocycles. The Morgan fingerprint density at radius 2 is 1.88 bits per heavy atom. The van der Waals surface area contributed by atoms with E-state index in [1.807, 2.05) is 0 Å². The summed E-state index contributed by atoms with van der Waals surface area (Å²) in [5.74, 6) is -1.92. The number of fused-ring (bicyclic) bond motifs is 1. The maximum Gasteiger partial charge on any atom is 0.416 e. The van der Waals surface area contributed by atoms with Gasteiger partial charge in [-0.25, -0.2) is 8.78 Å². The van der Waals surface area contributed by atoms with E-state index < -0.39 is 40.9 Å². The second-order valence-corrected chi connectivity index (χ2v) is 5.63. The highest BCUT2D eigenvalue weighted by atomic mass is 19.4. The van der Waals surface area contributed by atoms with Crippen molar-refractivity contribution in [3.63, 3.8) is 0 Å². The van der Waals surface area contributed by atoms with E-state index >= 15 is 0 Å². The smallest absolute Gasteiger partial charge is 0.416 e. The zero-order chi connectivity index (χ0) is 18.2. The molecule has 0 saturated carbocycles. The first-order valence-electron chi connectivity index (χ1n) is 7.33. The second-order valence-electron chi connectivity index (χ2n) is 5.63. The summed E-state index contributed by atoms with van der Waals surface area (Å²) in [6.07, 6.45) is -4.88. The van der Waals surface area contributed by atoms with Crippen molar-refractivity contribution in [3.05, 3.63) is 64.7 Å². The number of ether oxygens (including phenoxy) is 1. The standard InChI is InChI=1S/C17H12F5NO2/c18-12-1-2-15-9(4-12)6-14(25-15)8-23-16(24)10-3-11(17(20,21)22)7-13(19)5-10/h1-5,7,14H,6,8H2,(H,23,24). The highest BCUT2D eigenvalue weighted by Gasteiger charge is 2.32. The van der Waals surface area contributed by atoms with Gasteiger partial charge in [-0.1, -0.05) is 0 Å². The average molecular weight is 357 g/mol. The molecular formula is C17H12F5NO2. The molecule has 0 bridgehead atoms. The number of halogens is 5. The lowest BCUT2D eigenvalue weighted by Crippen LogP contribution is -2.34. The molecule has 2 aromatic rings. The molecule has 0 aromatic heterocycles. The first-order valence-corrected chi connectivity index (χ1v) is 7.33. The van der Waals surface area contributed by atoms with E-state index in [9.17, 15) is 26.7 Å². The molecule has 3 rings (SSSR count). The molecule has 1 unspecified atom stereocenters. The Morgan fingerprint density at radius 3 is 2.60 bits per heavy atom. The van der Waals surface area contributed by atoms with Crippen LogP contribution in [-0.4, -0.2) is 18.6 Å². The second kappa shape index (κ2) is 6.34. The lowest BCUT2D eigenvalue weighted by molar-refractivity contribution is -0.137. The van der Waals surface area contributed by atoms with Crippen molar-refractivity contribution >= 4 is 5.91 Å². The number of hydrogen-bond donors (Lipinski definition) is 1. The van der Waals surface area contributed by atoms with Crippen molar-refractivity contribution in [3.8, 4) is 5.75 Å². The highest BCUT2D eigenvalue weighted by Crippen LogP contribution is 2.31. The lowest BCUT2D eigenvalue weighted by Gasteiger charge is -2.13. The predicted molar refractivity (Wildman–Crippen MR) is 78.3 cm³/mol. The van der Waals surface area contributed by atoms with Crippen LogP contribution in [0.1, 0.15) is 21.5 Å². The van der Waals surface area contributed by atoms with Crippen LogP contribution in [0.25, 0.3) is 0 Å². The fourth-order valence-corrected chi connectivity index (χ4v) is 2.60. The third-order valence-electron chi connectivity index (χ3n) is 3.74. The van der Waals surface area contributed by atoms with Gasteiger partial charge >= 0.3 is 6.18 Å². The Morgan fingerprint density at radius 1 is 1.12 bits per heavy atom. The van der Waals surface area contributed by atoms with Crippen molar-refractivity contribution in [1.29, 1.82) is 0 Å². The SMILES string of the molecule is O=C(NCC1Cc2cc(F)ccc2O1)c1cc(F)cc(C(F)(F)F)c1. The minimum atomic E-state index is -4.75. The number of amides is 1. The van der Waals surface area contributed by atoms with Crippen LogP contribution < -0.4 is 10.1 Å². The third kappa shape index (κ3) is 3.89. The maximum absolute atomic E-state index is 13.3. The molecule has 25 heavy (non-hydrogen) atoms. The summed E-state index contributed by atoms with van der Waals surface area (Å²) in [4.78, 5) is 12.0. The maximum atomic E-state index is 13.3. The molecule has 0 aliphatic carbocycles. The fourth-order valence-electron chi connectivity index (χ4n) is 2.60. The van der Waals surface area contributed by atoms with Crippen LogP contribution in [0, 0.1) is 11.6 Å². The molecule has 2 aromatic carbocycles. The number of carbonyl (C=O) groups is 1. The van der Waals surface area contributed by atoms with Crippen LogP contribution in [0.4, 0.5) is 22.0 Å². The molecule has 1 heterocycles. The Bertz CT molecular complexity index is 819. The number of nitrogens with one attached hydrogen (secondary N) is 1. The monoisotopic (exact) mass is 357 g/mol. The van der Waals surface area contributed by atoms with Gasteiger partial charge in [-0.2, -0.15) is 13.2 Å². The minimum absolute atomic E-state index is 0.00695. The van der Waals surface area contributed by atoms with Crippen molar-refractivity contribution < 1.29 is 31.5 Å². The fraction of sp³-hybridized carbons (Fsp3) is 0.235. The van der Waals surface area contributed by atoms with Crippen LogP contribution in [0.2, 0.25) is 0 Å². The molecule has 0 spiro atoms. The van der Waals surface area contributed by atoms with E-state index in [2.05, 4.69) is 5.32 Å². The van der Waals surface area contributed by atoms with Crippen LogP contribution >= 0.6 is 0 Å². The van der Waals surface area contributed by atoms with Gasteiger partial charge in [0.25, 0.3) is 5.91 Å². The molecule has 8 heteroatoms. The van der Waals surface area contributed by atoms with E-state index in [4.69, 9.17) is 4.74 Å². The number of rotatable bonds is 3. The normalized spacial score (nSPS) is 16.3. The van der Waals surface area contributed by atoms with Gasteiger partial charge < -0.3 is 10.1 Å². The largest absolute Gasteiger partial charge is 0.488 e. The Kier molecular flexibility index (Phi) is 4.36. The predicted octanol–water partition coefficient (Wildman–Crippen LogP) is 3.72. The molecule has 0 radical (unpaired) electrons. The number of hydrogen-bond acceptors (Lipinski definition) is 2. The summed E-state index contributed by atoms with van der Waals surface area (Å²) < 4.78 is 70.0. The summed E-state index contributed by atoms with van der Waals surface area (Å²) in [6.45, 7) is -0.00695. The number of carbonyl (C=O) groups excluding carboxylic acids is 1. The van der Waals surface area contributed by atoms with Crippen molar-refractivity contribution in [2.45, 2.75) is 18.7 Å². The van der Waals surface area contributed by atoms with E-state index in [1.165, 1.54) is 18.2 Å². The van der Waals surface area contributed by atoms with Gasteiger partial charge in [0.2, 0.25) is 0 Å². The van der Waals surface area contributed by atoms with Crippen molar-refractivity contribution in [2.75, 3.05) is 6.54 Å². The quantitative estimate of drug-likeness (QED) is 0.851. The van der Waals surface area contributed by atoms with Crippen LogP contribution in [0.3, 0.4) is 0 Å². The Balaban J connectivity index is 1.65. The Labute approximate surface area is 139 Å². The molecule has 1 atom stereocenters. The van der Waals surface area contributed by atoms with Crippen molar-refractivity contribution in [1.82, 2.24) is 5.32 Å². The average Bonchev–Trinajstić information content (AvgIpc) is 2.93. The molecule has 1 amide bonds. The topological polar surface area (TPSA) is 38.3 Å². The summed E-state index contributed by atoms with van der Waals surface area (Å²) in [5, 5.41) is 2.40. The van der Waals surface area contributed by atoms with Gasteiger partial charge in [-0.05, 0) is 36.4 Å². The van der Waals surface area contributed by atoms with Gasteiger partial charge in [-0.15, -0.1) is 0 Å². The summed E-state index contributed by atoms with van der Waals surface area (Å²) in [6, 6.07) is 5.66. The summed E-state index contributed by atoms with van der Waals surface area (Å²) in [7, 11) is 0. The Hall–Kier alpha value is -2.64. The minimum Gasteiger partial charge on any atom is -0.488 e. The number of benzene rings is 2. The first-order chi connectivity index (χ1) is 11.7. The van der Waals surface area contributed by atoms with Gasteiger partial charge in [0.15, 0.2) is 0 Å². The van der Waals surface area contributed by atoms with E-state index in [0.717, 1.165) is 6.07 Å². The van der Waals surface area contributed by atoms with Crippen LogP contribution in [-0.2, 0) is 12.6 Å². The molecule has 1 aliphatic heterocycles. The molecule has 1 aliphatic rings. The number of alkyl halides is 3. The van der Waals surface area contributed by atoms with Gasteiger partial charge in [0.05, 0.1) is 12.1 Å². The summed E-state index contributed by atoms with van der Waals surface area (Å²) in [5.41, 5.74) is -1.03. The first kappa shape index (κ1) is 17.2. The lowest BCUT2D eigenvalue weighted by atomic mass is 10.1. The van der Waals surface area contributed by atoms with Crippen molar-refractivity contribution in [2.24, 2.45) is 0 Å². The molecule has 1 N–H and O–H groups in total. The highest BCUT2D eigenvalue weighted by molar-refractivity contribution is 5.94. The summed E-state index contributed by atoms with van der Waals surface area (Å²) >= 11 is 0. The van der Waals surface area contributed by atoms with Gasteiger partial charge in [-0.3, -0.25) is 4.79 Å². The van der Waals surface area contributed by atoms with Crippen LogP contribution in [0.15, 0.2) is 36.4 Å². The molecule has 0 fully saturated rings. The molecular weight excluding hydrogens is 345 g/mol. The van der Waals surface area contributed by atoms with Gasteiger partial charge in [0, 0.05) is 17.5 Å². The third-order valence-corrected chi connectivity index (χ3v) is 3.74. The van der Waals surface area contributed by atoms with Gasteiger partial charge in [0.1, 0.15) is 23.5 Å². The zero-order valence-corrected chi connectivity index (χ0v) is 12.7.